The average molecular weight is 291 g/mol. The topological polar surface area (TPSA) is 72.5 Å². The molecular weight excluding hydrogens is 274 g/mol. The predicted octanol–water partition coefficient (Wildman–Crippen LogP) is 1.68. The Balaban J connectivity index is 2.42. The normalized spacial score (nSPS) is 13.2. The zero-order chi connectivity index (χ0) is 13.6. The molecule has 0 aliphatic rings. The molecule has 1 heterocycles. The molecule has 0 saturated carbocycles. The van der Waals surface area contributed by atoms with Gasteiger partial charge in [0, 0.05) is 11.3 Å². The van der Waals surface area contributed by atoms with E-state index in [2.05, 4.69) is 9.46 Å². The van der Waals surface area contributed by atoms with Crippen LogP contribution in [0.5, 0.6) is 0 Å². The standard InChI is InChI=1S/C11H17NO4S2/c1-9(10-5-3-7-17-10)12-18(14,15)8-4-6-11(13)16-2/h3,5,7,9,12H,4,6,8H2,1-2H3. The summed E-state index contributed by atoms with van der Waals surface area (Å²) in [5.41, 5.74) is 0. The molecule has 102 valence electrons. The zero-order valence-electron chi connectivity index (χ0n) is 10.4. The summed E-state index contributed by atoms with van der Waals surface area (Å²) in [6, 6.07) is 3.52. The van der Waals surface area contributed by atoms with Crippen LogP contribution >= 0.6 is 11.3 Å². The molecule has 1 aromatic heterocycles. The minimum absolute atomic E-state index is 0.0716. The predicted molar refractivity (Wildman–Crippen MR) is 70.9 cm³/mol. The Hall–Kier alpha value is -0.920. The van der Waals surface area contributed by atoms with Crippen molar-refractivity contribution in [2.75, 3.05) is 12.9 Å². The summed E-state index contributed by atoms with van der Waals surface area (Å²) in [6.07, 6.45) is 0.379. The number of carbonyl (C=O) groups is 1. The Morgan fingerprint density at radius 3 is 2.83 bits per heavy atom. The van der Waals surface area contributed by atoms with Crippen molar-refractivity contribution in [3.05, 3.63) is 22.4 Å². The molecule has 1 rings (SSSR count). The maximum atomic E-state index is 11.7. The summed E-state index contributed by atoms with van der Waals surface area (Å²) in [5, 5.41) is 1.90. The van der Waals surface area contributed by atoms with E-state index in [1.165, 1.54) is 18.4 Å². The van der Waals surface area contributed by atoms with Crippen molar-refractivity contribution in [2.24, 2.45) is 0 Å². The first kappa shape index (κ1) is 15.1. The Bertz CT molecular complexity index is 467. The number of carbonyl (C=O) groups excluding carboxylic acids is 1. The fourth-order valence-corrected chi connectivity index (χ4v) is 3.55. The number of hydrogen-bond donors (Lipinski definition) is 1. The summed E-state index contributed by atoms with van der Waals surface area (Å²) in [4.78, 5) is 11.8. The molecule has 0 fully saturated rings. The van der Waals surface area contributed by atoms with E-state index >= 15 is 0 Å². The van der Waals surface area contributed by atoms with Crippen molar-refractivity contribution in [1.82, 2.24) is 4.72 Å². The van der Waals surface area contributed by atoms with Gasteiger partial charge in [0.25, 0.3) is 0 Å². The first-order valence-electron chi connectivity index (χ1n) is 5.55. The number of esters is 1. The largest absolute Gasteiger partial charge is 0.469 e. The minimum atomic E-state index is -3.36. The van der Waals surface area contributed by atoms with Crippen molar-refractivity contribution in [3.63, 3.8) is 0 Å². The van der Waals surface area contributed by atoms with Gasteiger partial charge in [0.2, 0.25) is 10.0 Å². The van der Waals surface area contributed by atoms with Crippen LogP contribution in [0.3, 0.4) is 0 Å². The van der Waals surface area contributed by atoms with Crippen molar-refractivity contribution in [1.29, 1.82) is 0 Å². The van der Waals surface area contributed by atoms with Gasteiger partial charge in [0.15, 0.2) is 0 Å². The van der Waals surface area contributed by atoms with Gasteiger partial charge in [0.1, 0.15) is 0 Å². The zero-order valence-corrected chi connectivity index (χ0v) is 12.0. The summed E-state index contributed by atoms with van der Waals surface area (Å²) >= 11 is 1.50. The number of hydrogen-bond acceptors (Lipinski definition) is 5. The second-order valence-corrected chi connectivity index (χ2v) is 6.71. The molecule has 5 nitrogen and oxygen atoms in total. The minimum Gasteiger partial charge on any atom is -0.469 e. The number of thiophene rings is 1. The van der Waals surface area contributed by atoms with Crippen molar-refractivity contribution in [3.8, 4) is 0 Å². The van der Waals surface area contributed by atoms with E-state index < -0.39 is 16.0 Å². The Kier molecular flexibility index (Phi) is 5.77. The van der Waals surface area contributed by atoms with Crippen LogP contribution in [0.15, 0.2) is 17.5 Å². The van der Waals surface area contributed by atoms with Crippen LogP contribution in [0.25, 0.3) is 0 Å². The van der Waals surface area contributed by atoms with Crippen LogP contribution < -0.4 is 4.72 Å². The molecule has 1 aromatic rings. The Labute approximate surface area is 111 Å². The molecule has 0 aromatic carbocycles. The van der Waals surface area contributed by atoms with Crippen LogP contribution in [0.2, 0.25) is 0 Å². The van der Waals surface area contributed by atoms with Gasteiger partial charge >= 0.3 is 5.97 Å². The van der Waals surface area contributed by atoms with E-state index in [-0.39, 0.29) is 24.6 Å². The second kappa shape index (κ2) is 6.86. The molecule has 1 N–H and O–H groups in total. The van der Waals surface area contributed by atoms with Gasteiger partial charge in [-0.2, -0.15) is 0 Å². The third kappa shape index (κ3) is 5.16. The Morgan fingerprint density at radius 1 is 1.56 bits per heavy atom. The molecule has 0 radical (unpaired) electrons. The molecule has 0 bridgehead atoms. The number of sulfonamides is 1. The highest BCUT2D eigenvalue weighted by atomic mass is 32.2. The van der Waals surface area contributed by atoms with Crippen LogP contribution in [0.4, 0.5) is 0 Å². The summed E-state index contributed by atoms with van der Waals surface area (Å²) in [6.45, 7) is 1.80. The number of rotatable bonds is 7. The summed E-state index contributed by atoms with van der Waals surface area (Å²) in [5.74, 6) is -0.464. The first-order chi connectivity index (χ1) is 8.44. The van der Waals surface area contributed by atoms with Gasteiger partial charge in [0.05, 0.1) is 18.9 Å². The highest BCUT2D eigenvalue weighted by molar-refractivity contribution is 7.89. The van der Waals surface area contributed by atoms with Gasteiger partial charge in [-0.3, -0.25) is 4.79 Å². The molecule has 1 atom stereocenters. The highest BCUT2D eigenvalue weighted by Crippen LogP contribution is 2.19. The lowest BCUT2D eigenvalue weighted by Crippen LogP contribution is -2.29. The second-order valence-electron chi connectivity index (χ2n) is 3.85. The average Bonchev–Trinajstić information content (AvgIpc) is 2.81. The van der Waals surface area contributed by atoms with Crippen molar-refractivity contribution in [2.45, 2.75) is 25.8 Å². The van der Waals surface area contributed by atoms with Crippen LogP contribution in [0.1, 0.15) is 30.7 Å². The molecular formula is C11H17NO4S2. The molecule has 0 saturated heterocycles. The SMILES string of the molecule is COC(=O)CCCS(=O)(=O)NC(C)c1cccs1. The molecule has 7 heteroatoms. The maximum absolute atomic E-state index is 11.7. The molecule has 1 unspecified atom stereocenters. The van der Waals surface area contributed by atoms with E-state index in [1.54, 1.807) is 6.92 Å². The van der Waals surface area contributed by atoms with E-state index in [1.807, 2.05) is 17.5 Å². The van der Waals surface area contributed by atoms with Gasteiger partial charge < -0.3 is 4.74 Å². The summed E-state index contributed by atoms with van der Waals surface area (Å²) < 4.78 is 30.5. The molecule has 0 amide bonds. The molecule has 0 aliphatic heterocycles. The van der Waals surface area contributed by atoms with Crippen molar-refractivity contribution >= 4 is 27.3 Å². The lowest BCUT2D eigenvalue weighted by atomic mass is 10.3. The molecule has 18 heavy (non-hydrogen) atoms. The van der Waals surface area contributed by atoms with Crippen molar-refractivity contribution < 1.29 is 17.9 Å². The van der Waals surface area contributed by atoms with Crippen LogP contribution in [0, 0.1) is 0 Å². The third-order valence-corrected chi connectivity index (χ3v) is 4.94. The quantitative estimate of drug-likeness (QED) is 0.776. The fraction of sp³-hybridized carbons (Fsp3) is 0.545. The van der Waals surface area contributed by atoms with Crippen LogP contribution in [-0.4, -0.2) is 27.2 Å². The summed E-state index contributed by atoms with van der Waals surface area (Å²) in [7, 11) is -2.08. The lowest BCUT2D eigenvalue weighted by Gasteiger charge is -2.12. The highest BCUT2D eigenvalue weighted by Gasteiger charge is 2.16. The number of methoxy groups -OCH3 is 1. The number of ether oxygens (including phenoxy) is 1. The molecule has 0 aliphatic carbocycles. The Morgan fingerprint density at radius 2 is 2.28 bits per heavy atom. The maximum Gasteiger partial charge on any atom is 0.305 e. The number of nitrogens with one attached hydrogen (secondary N) is 1. The van der Waals surface area contributed by atoms with E-state index in [9.17, 15) is 13.2 Å². The lowest BCUT2D eigenvalue weighted by molar-refractivity contribution is -0.140. The van der Waals surface area contributed by atoms with Gasteiger partial charge in [-0.15, -0.1) is 11.3 Å². The van der Waals surface area contributed by atoms with Gasteiger partial charge in [-0.25, -0.2) is 13.1 Å². The molecule has 0 spiro atoms. The van der Waals surface area contributed by atoms with Crippen LogP contribution in [-0.2, 0) is 19.6 Å². The van der Waals surface area contributed by atoms with Gasteiger partial charge in [-0.05, 0) is 24.8 Å². The monoisotopic (exact) mass is 291 g/mol. The van der Waals surface area contributed by atoms with Gasteiger partial charge in [-0.1, -0.05) is 6.07 Å². The fourth-order valence-electron chi connectivity index (χ4n) is 1.43. The van der Waals surface area contributed by atoms with E-state index in [0.717, 1.165) is 4.88 Å². The smallest absolute Gasteiger partial charge is 0.305 e. The van der Waals surface area contributed by atoms with E-state index in [4.69, 9.17) is 0 Å². The first-order valence-corrected chi connectivity index (χ1v) is 8.08. The van der Waals surface area contributed by atoms with E-state index in [0.29, 0.717) is 0 Å². The third-order valence-electron chi connectivity index (χ3n) is 2.35.